The van der Waals surface area contributed by atoms with Crippen molar-refractivity contribution in [3.63, 3.8) is 0 Å². The molecule has 2 aromatic carbocycles. The number of halogens is 3. The van der Waals surface area contributed by atoms with Crippen LogP contribution in [0.2, 0.25) is 0 Å². The number of nitrogens with zero attached hydrogens (tertiary/aromatic N) is 1. The second-order valence-corrected chi connectivity index (χ2v) is 6.73. The molecule has 0 saturated heterocycles. The van der Waals surface area contributed by atoms with E-state index in [2.05, 4.69) is 10.3 Å². The first-order valence-corrected chi connectivity index (χ1v) is 9.01. The Hall–Kier alpha value is -3.68. The van der Waals surface area contributed by atoms with Gasteiger partial charge < -0.3 is 11.1 Å². The van der Waals surface area contributed by atoms with E-state index in [1.54, 1.807) is 12.1 Å². The Morgan fingerprint density at radius 2 is 1.77 bits per heavy atom. The summed E-state index contributed by atoms with van der Waals surface area (Å²) in [4.78, 5) is 27.6. The molecule has 0 spiro atoms. The Kier molecular flexibility index (Phi) is 6.15. The maximum absolute atomic E-state index is 13.9. The number of aromatic nitrogens is 1. The van der Waals surface area contributed by atoms with E-state index in [1.165, 1.54) is 37.4 Å². The Labute approximate surface area is 170 Å². The fraction of sp³-hybridized carbons (Fsp3) is 0.136. The van der Waals surface area contributed by atoms with Crippen LogP contribution in [0.4, 0.5) is 13.2 Å². The normalized spacial score (nSPS) is 11.7. The highest BCUT2D eigenvalue weighted by molar-refractivity contribution is 5.94. The third kappa shape index (κ3) is 4.83. The Morgan fingerprint density at radius 1 is 1.07 bits per heavy atom. The zero-order valence-corrected chi connectivity index (χ0v) is 16.0. The topological polar surface area (TPSA) is 85.1 Å². The smallest absolute Gasteiger partial charge is 0.251 e. The molecule has 0 aliphatic carbocycles. The van der Waals surface area contributed by atoms with E-state index in [1.807, 2.05) is 0 Å². The first-order chi connectivity index (χ1) is 14.2. The van der Waals surface area contributed by atoms with Gasteiger partial charge in [0.2, 0.25) is 5.91 Å². The Bertz CT molecular complexity index is 1100. The van der Waals surface area contributed by atoms with Crippen LogP contribution in [0.25, 0.3) is 11.1 Å². The predicted octanol–water partition coefficient (Wildman–Crippen LogP) is 3.68. The molecule has 0 saturated carbocycles. The quantitative estimate of drug-likeness (QED) is 0.647. The summed E-state index contributed by atoms with van der Waals surface area (Å²) in [5, 5.41) is 2.73. The molecule has 154 valence electrons. The van der Waals surface area contributed by atoms with E-state index in [-0.39, 0.29) is 17.9 Å². The van der Waals surface area contributed by atoms with Gasteiger partial charge in [-0.1, -0.05) is 12.1 Å². The van der Waals surface area contributed by atoms with E-state index in [0.29, 0.717) is 22.4 Å². The summed E-state index contributed by atoms with van der Waals surface area (Å²) in [5.74, 6) is -3.53. The summed E-state index contributed by atoms with van der Waals surface area (Å²) >= 11 is 0. The third-order valence-electron chi connectivity index (χ3n) is 4.45. The van der Waals surface area contributed by atoms with Crippen molar-refractivity contribution in [2.75, 3.05) is 0 Å². The van der Waals surface area contributed by atoms with Crippen molar-refractivity contribution in [2.24, 2.45) is 5.73 Å². The minimum absolute atomic E-state index is 0.0577. The first-order valence-electron chi connectivity index (χ1n) is 9.01. The van der Waals surface area contributed by atoms with Gasteiger partial charge in [-0.3, -0.25) is 14.6 Å². The molecule has 1 heterocycles. The van der Waals surface area contributed by atoms with Crippen molar-refractivity contribution < 1.29 is 22.8 Å². The lowest BCUT2D eigenvalue weighted by molar-refractivity contribution is -0.119. The molecule has 30 heavy (non-hydrogen) atoms. The average Bonchev–Trinajstić information content (AvgIpc) is 2.66. The first kappa shape index (κ1) is 21.0. The lowest BCUT2D eigenvalue weighted by atomic mass is 9.94. The number of pyridine rings is 1. The summed E-state index contributed by atoms with van der Waals surface area (Å²) in [7, 11) is 0. The van der Waals surface area contributed by atoms with Gasteiger partial charge in [0, 0.05) is 24.8 Å². The highest BCUT2D eigenvalue weighted by atomic mass is 19.1. The van der Waals surface area contributed by atoms with Crippen LogP contribution in [-0.4, -0.2) is 16.8 Å². The van der Waals surface area contributed by atoms with Crippen molar-refractivity contribution >= 4 is 11.8 Å². The fourth-order valence-corrected chi connectivity index (χ4v) is 3.25. The molecule has 1 aromatic heterocycles. The molecule has 3 N–H and O–H groups in total. The molecule has 0 aliphatic rings. The predicted molar refractivity (Wildman–Crippen MR) is 105 cm³/mol. The van der Waals surface area contributed by atoms with Gasteiger partial charge in [0.05, 0.1) is 17.3 Å². The second-order valence-electron chi connectivity index (χ2n) is 6.73. The molecule has 3 aromatic rings. The fourth-order valence-electron chi connectivity index (χ4n) is 3.25. The molecule has 0 aliphatic heterocycles. The third-order valence-corrected chi connectivity index (χ3v) is 4.45. The number of nitrogens with one attached hydrogen (secondary N) is 1. The number of benzene rings is 2. The maximum atomic E-state index is 13.9. The zero-order valence-electron chi connectivity index (χ0n) is 16.0. The molecule has 0 radical (unpaired) electrons. The number of carbonyl (C=O) groups excluding carboxylic acids is 2. The molecule has 0 bridgehead atoms. The van der Waals surface area contributed by atoms with Crippen LogP contribution in [0, 0.1) is 17.5 Å². The molecular formula is C22H18F3N3O2. The minimum Gasteiger partial charge on any atom is -0.366 e. The largest absolute Gasteiger partial charge is 0.366 e. The summed E-state index contributed by atoms with van der Waals surface area (Å²) in [6, 6.07) is 9.55. The van der Waals surface area contributed by atoms with E-state index < -0.39 is 29.4 Å². The SMILES string of the molecule is CC(=O)N[C@@H](Cc1cc(F)cc(F)c1)c1ncccc1-c1ccc(F)c(C(N)=O)c1. The number of primary amides is 1. The number of carbonyl (C=O) groups is 2. The van der Waals surface area contributed by atoms with Gasteiger partial charge in [-0.05, 0) is 47.9 Å². The molecule has 5 nitrogen and oxygen atoms in total. The second kappa shape index (κ2) is 8.77. The average molecular weight is 413 g/mol. The number of hydrogen-bond acceptors (Lipinski definition) is 3. The monoisotopic (exact) mass is 413 g/mol. The molecule has 8 heteroatoms. The summed E-state index contributed by atoms with van der Waals surface area (Å²) in [6.45, 7) is 1.31. The van der Waals surface area contributed by atoms with Gasteiger partial charge in [-0.15, -0.1) is 0 Å². The number of amides is 2. The highest BCUT2D eigenvalue weighted by Gasteiger charge is 2.21. The summed E-state index contributed by atoms with van der Waals surface area (Å²) < 4.78 is 41.1. The molecule has 1 atom stereocenters. The van der Waals surface area contributed by atoms with Crippen LogP contribution < -0.4 is 11.1 Å². The summed E-state index contributed by atoms with van der Waals surface area (Å²) in [5.41, 5.74) is 6.62. The zero-order chi connectivity index (χ0) is 21.8. The van der Waals surface area contributed by atoms with Crippen molar-refractivity contribution in [3.8, 4) is 11.1 Å². The highest BCUT2D eigenvalue weighted by Crippen LogP contribution is 2.30. The van der Waals surface area contributed by atoms with Crippen molar-refractivity contribution in [1.82, 2.24) is 10.3 Å². The van der Waals surface area contributed by atoms with Gasteiger partial charge in [0.25, 0.3) is 5.91 Å². The van der Waals surface area contributed by atoms with Crippen LogP contribution >= 0.6 is 0 Å². The molecule has 2 amide bonds. The van der Waals surface area contributed by atoms with Crippen molar-refractivity contribution in [2.45, 2.75) is 19.4 Å². The van der Waals surface area contributed by atoms with E-state index in [9.17, 15) is 22.8 Å². The summed E-state index contributed by atoms with van der Waals surface area (Å²) in [6.07, 6.45) is 1.56. The Balaban J connectivity index is 2.08. The van der Waals surface area contributed by atoms with Crippen LogP contribution in [0.15, 0.2) is 54.7 Å². The van der Waals surface area contributed by atoms with Crippen LogP contribution in [-0.2, 0) is 11.2 Å². The molecule has 0 unspecified atom stereocenters. The van der Waals surface area contributed by atoms with Crippen LogP contribution in [0.5, 0.6) is 0 Å². The van der Waals surface area contributed by atoms with E-state index in [4.69, 9.17) is 5.73 Å². The standard InChI is InChI=1S/C22H18F3N3O2/c1-12(29)28-20(9-13-7-15(23)11-16(24)8-13)21-17(3-2-6-27-21)14-4-5-19(25)18(10-14)22(26)30/h2-8,10-11,20H,9H2,1H3,(H2,26,30)(H,28,29)/t20-/m0/s1. The molecular weight excluding hydrogens is 395 g/mol. The van der Waals surface area contributed by atoms with Crippen molar-refractivity contribution in [3.05, 3.63) is 89.0 Å². The van der Waals surface area contributed by atoms with Gasteiger partial charge in [-0.25, -0.2) is 13.2 Å². The Morgan fingerprint density at radius 3 is 2.40 bits per heavy atom. The van der Waals surface area contributed by atoms with Gasteiger partial charge in [0.1, 0.15) is 17.5 Å². The minimum atomic E-state index is -0.923. The maximum Gasteiger partial charge on any atom is 0.251 e. The van der Waals surface area contributed by atoms with E-state index in [0.717, 1.165) is 12.1 Å². The number of rotatable bonds is 6. The molecule has 0 fully saturated rings. The molecule has 3 rings (SSSR count). The van der Waals surface area contributed by atoms with Crippen LogP contribution in [0.1, 0.15) is 34.6 Å². The van der Waals surface area contributed by atoms with Crippen LogP contribution in [0.3, 0.4) is 0 Å². The number of nitrogens with two attached hydrogens (primary N) is 1. The number of hydrogen-bond donors (Lipinski definition) is 2. The van der Waals surface area contributed by atoms with Crippen molar-refractivity contribution in [1.29, 1.82) is 0 Å². The van der Waals surface area contributed by atoms with Gasteiger partial charge >= 0.3 is 0 Å². The lowest BCUT2D eigenvalue weighted by Crippen LogP contribution is -2.29. The van der Waals surface area contributed by atoms with E-state index >= 15 is 0 Å². The lowest BCUT2D eigenvalue weighted by Gasteiger charge is -2.21. The van der Waals surface area contributed by atoms with Gasteiger partial charge in [-0.2, -0.15) is 0 Å². The van der Waals surface area contributed by atoms with Gasteiger partial charge in [0.15, 0.2) is 0 Å².